The van der Waals surface area contributed by atoms with E-state index in [9.17, 15) is 33.9 Å². The molecule has 4 atom stereocenters. The Morgan fingerprint density at radius 2 is 1.32 bits per heavy atom. The first kappa shape index (κ1) is 28.1. The first-order chi connectivity index (χ1) is 14.3. The van der Waals surface area contributed by atoms with Crippen molar-refractivity contribution in [2.75, 3.05) is 5.75 Å². The zero-order valence-corrected chi connectivity index (χ0v) is 18.1. The number of carboxylic acids is 2. The smallest absolute Gasteiger partial charge is 0.326 e. The number of primary amides is 1. The highest BCUT2D eigenvalue weighted by atomic mass is 32.1. The minimum absolute atomic E-state index is 0.0368. The summed E-state index contributed by atoms with van der Waals surface area (Å²) in [6.07, 6.45) is -1.22. The maximum Gasteiger partial charge on any atom is 0.326 e. The molecule has 0 heterocycles. The van der Waals surface area contributed by atoms with Gasteiger partial charge in [0.15, 0.2) is 0 Å². The van der Waals surface area contributed by atoms with E-state index in [0.29, 0.717) is 0 Å². The number of aliphatic carboxylic acids is 2. The van der Waals surface area contributed by atoms with Crippen molar-refractivity contribution in [1.29, 1.82) is 0 Å². The molecule has 0 aliphatic rings. The van der Waals surface area contributed by atoms with Crippen LogP contribution in [0.1, 0.15) is 33.1 Å². The van der Waals surface area contributed by atoms with Crippen LogP contribution in [0.2, 0.25) is 0 Å². The lowest BCUT2D eigenvalue weighted by Crippen LogP contribution is -2.58. The summed E-state index contributed by atoms with van der Waals surface area (Å²) in [5.74, 6) is -6.71. The molecule has 13 nitrogen and oxygen atoms in total. The number of nitrogens with one attached hydrogen (secondary N) is 3. The highest BCUT2D eigenvalue weighted by molar-refractivity contribution is 7.80. The number of amides is 4. The van der Waals surface area contributed by atoms with Gasteiger partial charge in [-0.15, -0.1) is 0 Å². The SMILES string of the molecule is CC(C)CC(NC(=O)C(CS)NC(=O)C(CC(=O)O)NC(=O)C(N)CC(N)=O)C(=O)O. The second kappa shape index (κ2) is 13.4. The normalized spacial score (nSPS) is 14.6. The molecular formula is C17H29N5O8S. The van der Waals surface area contributed by atoms with E-state index in [1.807, 2.05) is 0 Å². The van der Waals surface area contributed by atoms with Crippen LogP contribution in [-0.2, 0) is 28.8 Å². The van der Waals surface area contributed by atoms with Gasteiger partial charge in [-0.2, -0.15) is 12.6 Å². The fourth-order valence-corrected chi connectivity index (χ4v) is 2.66. The van der Waals surface area contributed by atoms with Gasteiger partial charge in [0, 0.05) is 5.75 Å². The lowest BCUT2D eigenvalue weighted by atomic mass is 10.0. The summed E-state index contributed by atoms with van der Waals surface area (Å²) in [5.41, 5.74) is 10.4. The Morgan fingerprint density at radius 3 is 1.74 bits per heavy atom. The van der Waals surface area contributed by atoms with Crippen LogP contribution >= 0.6 is 12.6 Å². The molecule has 0 aromatic carbocycles. The number of nitrogens with two attached hydrogens (primary N) is 2. The van der Waals surface area contributed by atoms with Gasteiger partial charge in [-0.25, -0.2) is 4.79 Å². The van der Waals surface area contributed by atoms with Gasteiger partial charge in [0.1, 0.15) is 18.1 Å². The Hall–Kier alpha value is -2.87. The summed E-state index contributed by atoms with van der Waals surface area (Å²) in [7, 11) is 0. The summed E-state index contributed by atoms with van der Waals surface area (Å²) < 4.78 is 0. The lowest BCUT2D eigenvalue weighted by Gasteiger charge is -2.24. The monoisotopic (exact) mass is 463 g/mol. The second-order valence-corrected chi connectivity index (χ2v) is 7.57. The van der Waals surface area contributed by atoms with Gasteiger partial charge >= 0.3 is 11.9 Å². The summed E-state index contributed by atoms with van der Waals surface area (Å²) in [6.45, 7) is 3.53. The molecule has 0 fully saturated rings. The van der Waals surface area contributed by atoms with Gasteiger partial charge < -0.3 is 37.6 Å². The minimum atomic E-state index is -1.62. The minimum Gasteiger partial charge on any atom is -0.481 e. The van der Waals surface area contributed by atoms with Crippen LogP contribution < -0.4 is 27.4 Å². The topological polar surface area (TPSA) is 231 Å². The van der Waals surface area contributed by atoms with Crippen molar-refractivity contribution in [2.24, 2.45) is 17.4 Å². The molecule has 0 radical (unpaired) electrons. The lowest BCUT2D eigenvalue weighted by molar-refractivity contribution is -0.143. The van der Waals surface area contributed by atoms with Gasteiger partial charge in [-0.3, -0.25) is 24.0 Å². The Morgan fingerprint density at radius 1 is 0.839 bits per heavy atom. The second-order valence-electron chi connectivity index (χ2n) is 7.21. The number of thiol groups is 1. The van der Waals surface area contributed by atoms with Crippen LogP contribution in [0, 0.1) is 5.92 Å². The van der Waals surface area contributed by atoms with Crippen LogP contribution in [0.4, 0.5) is 0 Å². The van der Waals surface area contributed by atoms with Gasteiger partial charge in [0.05, 0.1) is 18.9 Å². The van der Waals surface area contributed by atoms with Crippen LogP contribution in [0.15, 0.2) is 0 Å². The molecule has 0 bridgehead atoms. The number of hydrogen-bond donors (Lipinski definition) is 8. The molecule has 0 aliphatic carbocycles. The van der Waals surface area contributed by atoms with E-state index in [4.69, 9.17) is 16.6 Å². The fourth-order valence-electron chi connectivity index (χ4n) is 2.40. The Balaban J connectivity index is 5.27. The summed E-state index contributed by atoms with van der Waals surface area (Å²) in [6, 6.07) is -5.53. The maximum absolute atomic E-state index is 12.5. The molecular weight excluding hydrogens is 434 g/mol. The van der Waals surface area contributed by atoms with E-state index in [1.165, 1.54) is 0 Å². The number of rotatable bonds is 14. The van der Waals surface area contributed by atoms with Crippen molar-refractivity contribution in [2.45, 2.75) is 57.3 Å². The van der Waals surface area contributed by atoms with Crippen LogP contribution in [0.5, 0.6) is 0 Å². The van der Waals surface area contributed by atoms with Gasteiger partial charge in [0.2, 0.25) is 23.6 Å². The predicted molar refractivity (Wildman–Crippen MR) is 111 cm³/mol. The molecule has 0 saturated carbocycles. The molecule has 0 rings (SSSR count). The van der Waals surface area contributed by atoms with Crippen molar-refractivity contribution in [3.05, 3.63) is 0 Å². The Bertz CT molecular complexity index is 702. The van der Waals surface area contributed by atoms with E-state index >= 15 is 0 Å². The van der Waals surface area contributed by atoms with Crippen molar-refractivity contribution >= 4 is 48.2 Å². The quantitative estimate of drug-likeness (QED) is 0.124. The third kappa shape index (κ3) is 11.2. The predicted octanol–water partition coefficient (Wildman–Crippen LogP) is -2.82. The third-order valence-electron chi connectivity index (χ3n) is 3.91. The zero-order chi connectivity index (χ0) is 24.3. The molecule has 0 spiro atoms. The number of carbonyl (C=O) groups is 6. The summed E-state index contributed by atoms with van der Waals surface area (Å²) >= 11 is 3.95. The van der Waals surface area contributed by atoms with E-state index in [0.717, 1.165) is 0 Å². The molecule has 9 N–H and O–H groups in total. The molecule has 176 valence electrons. The first-order valence-electron chi connectivity index (χ1n) is 9.28. The molecule has 0 saturated heterocycles. The number of carboxylic acid groups (broad SMARTS) is 2. The number of hydrogen-bond acceptors (Lipinski definition) is 8. The average Bonchev–Trinajstić information content (AvgIpc) is 2.63. The van der Waals surface area contributed by atoms with E-state index in [2.05, 4.69) is 28.6 Å². The molecule has 4 amide bonds. The highest BCUT2D eigenvalue weighted by Gasteiger charge is 2.31. The summed E-state index contributed by atoms with van der Waals surface area (Å²) in [5, 5.41) is 24.8. The molecule has 31 heavy (non-hydrogen) atoms. The van der Waals surface area contributed by atoms with Gasteiger partial charge in [-0.1, -0.05) is 13.8 Å². The van der Waals surface area contributed by atoms with Crippen LogP contribution in [0.25, 0.3) is 0 Å². The van der Waals surface area contributed by atoms with Crippen molar-refractivity contribution in [3.63, 3.8) is 0 Å². The van der Waals surface area contributed by atoms with Crippen LogP contribution in [-0.4, -0.2) is 75.7 Å². The van der Waals surface area contributed by atoms with Gasteiger partial charge in [-0.05, 0) is 12.3 Å². The highest BCUT2D eigenvalue weighted by Crippen LogP contribution is 2.06. The third-order valence-corrected chi connectivity index (χ3v) is 4.27. The van der Waals surface area contributed by atoms with Crippen molar-refractivity contribution in [1.82, 2.24) is 16.0 Å². The van der Waals surface area contributed by atoms with Crippen LogP contribution in [0.3, 0.4) is 0 Å². The number of carbonyl (C=O) groups excluding carboxylic acids is 4. The van der Waals surface area contributed by atoms with Gasteiger partial charge in [0.25, 0.3) is 0 Å². The fraction of sp³-hybridized carbons (Fsp3) is 0.647. The Kier molecular flexibility index (Phi) is 12.2. The molecule has 0 aromatic heterocycles. The largest absolute Gasteiger partial charge is 0.481 e. The van der Waals surface area contributed by atoms with E-state index in [-0.39, 0.29) is 18.1 Å². The van der Waals surface area contributed by atoms with E-state index < -0.39 is 72.6 Å². The maximum atomic E-state index is 12.5. The Labute approximate surface area is 184 Å². The molecule has 14 heteroatoms. The standard InChI is InChI=1S/C17H29N5O8S/c1-7(2)3-10(17(29)30)21-16(28)11(6-31)22-15(27)9(5-13(24)25)20-14(26)8(18)4-12(19)23/h7-11,31H,3-6,18H2,1-2H3,(H2,19,23)(H,20,26)(H,21,28)(H,22,27)(H,24,25)(H,29,30). The molecule has 0 aliphatic heterocycles. The average molecular weight is 464 g/mol. The summed E-state index contributed by atoms with van der Waals surface area (Å²) in [4.78, 5) is 70.1. The molecule has 4 unspecified atom stereocenters. The van der Waals surface area contributed by atoms with Crippen molar-refractivity contribution in [3.8, 4) is 0 Å². The van der Waals surface area contributed by atoms with E-state index in [1.54, 1.807) is 13.8 Å². The molecule has 0 aromatic rings. The zero-order valence-electron chi connectivity index (χ0n) is 17.2. The first-order valence-corrected chi connectivity index (χ1v) is 9.92. The van der Waals surface area contributed by atoms with Crippen molar-refractivity contribution < 1.29 is 39.0 Å².